The summed E-state index contributed by atoms with van der Waals surface area (Å²) >= 11 is 11.9. The highest BCUT2D eigenvalue weighted by Crippen LogP contribution is 2.65. The number of carbonyl (C=O) groups excluding carboxylic acids is 3. The van der Waals surface area contributed by atoms with Gasteiger partial charge in [0, 0.05) is 18.0 Å². The Morgan fingerprint density at radius 3 is 2.30 bits per heavy atom. The van der Waals surface area contributed by atoms with Crippen molar-refractivity contribution in [3.63, 3.8) is 0 Å². The monoisotopic (exact) mass is 404 g/mol. The highest BCUT2D eigenvalue weighted by Gasteiger charge is 2.66. The lowest BCUT2D eigenvalue weighted by Gasteiger charge is -2.37. The largest absolute Gasteiger partial charge is 0.325 e. The third-order valence-corrected chi connectivity index (χ3v) is 7.07. The van der Waals surface area contributed by atoms with Gasteiger partial charge in [-0.25, -0.2) is 0 Å². The van der Waals surface area contributed by atoms with E-state index >= 15 is 0 Å². The summed E-state index contributed by atoms with van der Waals surface area (Å²) in [7, 11) is 0. The van der Waals surface area contributed by atoms with Gasteiger partial charge < -0.3 is 5.32 Å². The Kier molecular flexibility index (Phi) is 3.89. The van der Waals surface area contributed by atoms with Crippen LogP contribution >= 0.6 is 23.2 Å². The van der Waals surface area contributed by atoms with Crippen LogP contribution in [0.4, 0.5) is 5.69 Å². The Hall–Kier alpha value is -1.85. The molecule has 0 aromatic heterocycles. The molecular formula is C20H18Cl2N2O3. The Morgan fingerprint density at radius 1 is 1.07 bits per heavy atom. The molecule has 1 aliphatic heterocycles. The summed E-state index contributed by atoms with van der Waals surface area (Å²) in [6, 6.07) is 4.80. The van der Waals surface area contributed by atoms with Gasteiger partial charge in [0.15, 0.2) is 0 Å². The second-order valence-corrected chi connectivity index (χ2v) is 8.75. The van der Waals surface area contributed by atoms with Crippen LogP contribution < -0.4 is 5.32 Å². The van der Waals surface area contributed by atoms with Crippen LogP contribution in [-0.4, -0.2) is 29.2 Å². The van der Waals surface area contributed by atoms with Crippen molar-refractivity contribution in [2.24, 2.45) is 35.5 Å². The first-order valence-corrected chi connectivity index (χ1v) is 10.00. The number of hydrogen-bond acceptors (Lipinski definition) is 3. The van der Waals surface area contributed by atoms with Crippen LogP contribution in [0.2, 0.25) is 10.0 Å². The Bertz CT molecular complexity index is 863. The Labute approximate surface area is 166 Å². The first kappa shape index (κ1) is 17.3. The lowest BCUT2D eigenvalue weighted by molar-refractivity contribution is -0.140. The molecule has 27 heavy (non-hydrogen) atoms. The van der Waals surface area contributed by atoms with E-state index in [1.807, 2.05) is 0 Å². The number of nitrogens with one attached hydrogen (secondary N) is 1. The van der Waals surface area contributed by atoms with Crippen molar-refractivity contribution < 1.29 is 14.4 Å². The molecule has 1 aromatic rings. The third kappa shape index (κ3) is 2.63. The first-order valence-electron chi connectivity index (χ1n) is 9.24. The second-order valence-electron chi connectivity index (χ2n) is 7.91. The first-order chi connectivity index (χ1) is 13.0. The number of hydrogen-bond donors (Lipinski definition) is 1. The van der Waals surface area contributed by atoms with E-state index in [0.29, 0.717) is 27.6 Å². The fraction of sp³-hybridized carbons (Fsp3) is 0.450. The van der Waals surface area contributed by atoms with Crippen molar-refractivity contribution in [1.29, 1.82) is 0 Å². The number of benzene rings is 1. The number of halogens is 2. The molecule has 4 aliphatic carbocycles. The Balaban J connectivity index is 1.25. The molecule has 7 heteroatoms. The minimum atomic E-state index is -0.293. The van der Waals surface area contributed by atoms with Gasteiger partial charge in [-0.1, -0.05) is 35.4 Å². The van der Waals surface area contributed by atoms with Gasteiger partial charge in [0.05, 0.1) is 22.5 Å². The molecule has 3 fully saturated rings. The van der Waals surface area contributed by atoms with Gasteiger partial charge in [0.25, 0.3) is 0 Å². The van der Waals surface area contributed by atoms with E-state index in [4.69, 9.17) is 23.2 Å². The number of imide groups is 1. The van der Waals surface area contributed by atoms with Crippen LogP contribution in [0.5, 0.6) is 0 Å². The zero-order chi connectivity index (χ0) is 18.9. The van der Waals surface area contributed by atoms with Crippen LogP contribution in [-0.2, 0) is 14.4 Å². The average Bonchev–Trinajstić information content (AvgIpc) is 3.41. The summed E-state index contributed by atoms with van der Waals surface area (Å²) in [4.78, 5) is 39.3. The summed E-state index contributed by atoms with van der Waals surface area (Å²) in [5.74, 6) is 0.621. The summed E-state index contributed by atoms with van der Waals surface area (Å²) in [5.41, 5.74) is 0.459. The molecular weight excluding hydrogens is 387 g/mol. The smallest absolute Gasteiger partial charge is 0.233 e. The number of allylic oxidation sites excluding steroid dienone is 2. The van der Waals surface area contributed by atoms with E-state index in [1.165, 1.54) is 4.90 Å². The number of likely N-dealkylation sites (tertiary alicyclic amines) is 1. The van der Waals surface area contributed by atoms with Crippen molar-refractivity contribution in [2.75, 3.05) is 11.9 Å². The third-order valence-electron chi connectivity index (χ3n) is 6.52. The molecule has 2 saturated carbocycles. The fourth-order valence-corrected chi connectivity index (χ4v) is 5.71. The zero-order valence-electron chi connectivity index (χ0n) is 14.4. The Morgan fingerprint density at radius 2 is 1.70 bits per heavy atom. The lowest BCUT2D eigenvalue weighted by atomic mass is 9.63. The zero-order valence-corrected chi connectivity index (χ0v) is 15.9. The van der Waals surface area contributed by atoms with Gasteiger partial charge >= 0.3 is 0 Å². The van der Waals surface area contributed by atoms with Crippen LogP contribution in [0.3, 0.4) is 0 Å². The second kappa shape index (κ2) is 6.08. The summed E-state index contributed by atoms with van der Waals surface area (Å²) in [5, 5.41) is 3.53. The number of amides is 3. The predicted molar refractivity (Wildman–Crippen MR) is 101 cm³/mol. The highest BCUT2D eigenvalue weighted by atomic mass is 35.5. The van der Waals surface area contributed by atoms with Gasteiger partial charge in [0.1, 0.15) is 0 Å². The maximum atomic E-state index is 12.9. The van der Waals surface area contributed by atoms with Gasteiger partial charge in [-0.05, 0) is 48.3 Å². The number of nitrogens with zero attached hydrogens (tertiary/aromatic N) is 1. The molecule has 0 unspecified atom stereocenters. The molecule has 2 bridgehead atoms. The normalized spacial score (nSPS) is 35.3. The van der Waals surface area contributed by atoms with Gasteiger partial charge in [-0.15, -0.1) is 0 Å². The molecule has 1 N–H and O–H groups in total. The van der Waals surface area contributed by atoms with E-state index in [0.717, 1.165) is 6.42 Å². The molecule has 5 aliphatic rings. The molecule has 1 saturated heterocycles. The highest BCUT2D eigenvalue weighted by molar-refractivity contribution is 6.36. The lowest BCUT2D eigenvalue weighted by Crippen LogP contribution is -2.40. The number of rotatable bonds is 4. The average molecular weight is 405 g/mol. The van der Waals surface area contributed by atoms with Crippen LogP contribution in [0, 0.1) is 35.5 Å². The molecule has 1 heterocycles. The SMILES string of the molecule is O=C(CCN1C(=O)[C@H]2[C@@H]3C=C[C@@H]([C@H]4C[C@H]34)[C@@H]2C1=O)Nc1ccc(Cl)cc1Cl. The predicted octanol–water partition coefficient (Wildman–Crippen LogP) is 3.38. The van der Waals surface area contributed by atoms with Crippen LogP contribution in [0.25, 0.3) is 0 Å². The van der Waals surface area contributed by atoms with E-state index in [-0.39, 0.29) is 54.4 Å². The molecule has 3 amide bonds. The summed E-state index contributed by atoms with van der Waals surface area (Å²) in [6.45, 7) is 0.108. The van der Waals surface area contributed by atoms with Crippen molar-refractivity contribution in [3.8, 4) is 0 Å². The van der Waals surface area contributed by atoms with E-state index in [9.17, 15) is 14.4 Å². The number of anilines is 1. The van der Waals surface area contributed by atoms with E-state index in [2.05, 4.69) is 17.5 Å². The molecule has 5 nitrogen and oxygen atoms in total. The van der Waals surface area contributed by atoms with E-state index < -0.39 is 0 Å². The van der Waals surface area contributed by atoms with Gasteiger partial charge in [0.2, 0.25) is 17.7 Å². The molecule has 6 rings (SSSR count). The van der Waals surface area contributed by atoms with Gasteiger partial charge in [-0.2, -0.15) is 0 Å². The summed E-state index contributed by atoms with van der Waals surface area (Å²) in [6.07, 6.45) is 5.47. The topological polar surface area (TPSA) is 66.5 Å². The van der Waals surface area contributed by atoms with Crippen LogP contribution in [0.15, 0.2) is 30.4 Å². The number of carbonyl (C=O) groups is 3. The minimum Gasteiger partial charge on any atom is -0.325 e. The van der Waals surface area contributed by atoms with Gasteiger partial charge in [-0.3, -0.25) is 19.3 Å². The quantitative estimate of drug-likeness (QED) is 0.617. The van der Waals surface area contributed by atoms with Crippen molar-refractivity contribution in [3.05, 3.63) is 40.4 Å². The molecule has 6 atom stereocenters. The fourth-order valence-electron chi connectivity index (χ4n) is 5.26. The standard InChI is InChI=1S/C20H18Cl2N2O3/c21-9-1-4-15(14(22)7-9)23-16(25)5-6-24-19(26)17-10-2-3-11(13-8-12(10)13)18(17)20(24)27/h1-4,7,10-13,17-18H,5-6,8H2,(H,23,25)/t10-,11+,12-,13-,17+,18+/m1/s1. The molecule has 1 aromatic carbocycles. The molecule has 0 radical (unpaired) electrons. The van der Waals surface area contributed by atoms with Crippen molar-refractivity contribution >= 4 is 46.6 Å². The maximum Gasteiger partial charge on any atom is 0.233 e. The molecule has 140 valence electrons. The van der Waals surface area contributed by atoms with E-state index in [1.54, 1.807) is 18.2 Å². The van der Waals surface area contributed by atoms with Crippen LogP contribution in [0.1, 0.15) is 12.8 Å². The summed E-state index contributed by atoms with van der Waals surface area (Å²) < 4.78 is 0. The maximum absolute atomic E-state index is 12.9. The molecule has 0 spiro atoms. The van der Waals surface area contributed by atoms with Crippen molar-refractivity contribution in [1.82, 2.24) is 4.90 Å². The minimum absolute atomic E-state index is 0.0471. The van der Waals surface area contributed by atoms with Crippen molar-refractivity contribution in [2.45, 2.75) is 12.8 Å².